The number of carbonyl (C=O) groups excluding carboxylic acids is 1. The molecule has 0 bridgehead atoms. The van der Waals surface area contributed by atoms with E-state index >= 15 is 0 Å². The molecule has 3 heterocycles. The average Bonchev–Trinajstić information content (AvgIpc) is 2.99. The third-order valence-electron chi connectivity index (χ3n) is 4.82. The molecule has 23 heavy (non-hydrogen) atoms. The van der Waals surface area contributed by atoms with Gasteiger partial charge in [-0.1, -0.05) is 0 Å². The van der Waals surface area contributed by atoms with Crippen molar-refractivity contribution in [3.63, 3.8) is 0 Å². The number of hydrogen-bond donors (Lipinski definition) is 2. The van der Waals surface area contributed by atoms with Crippen molar-refractivity contribution >= 4 is 5.91 Å². The number of amides is 1. The van der Waals surface area contributed by atoms with Gasteiger partial charge in [-0.3, -0.25) is 9.89 Å². The van der Waals surface area contributed by atoms with E-state index in [4.69, 9.17) is 4.74 Å². The molecule has 2 fully saturated rings. The molecule has 0 radical (unpaired) electrons. The predicted octanol–water partition coefficient (Wildman–Crippen LogP) is 1.92. The topological polar surface area (TPSA) is 86.9 Å². The van der Waals surface area contributed by atoms with Crippen LogP contribution < -0.4 is 0 Å². The van der Waals surface area contributed by atoms with E-state index in [0.29, 0.717) is 18.0 Å². The summed E-state index contributed by atoms with van der Waals surface area (Å²) >= 11 is 0. The maximum atomic E-state index is 12.9. The van der Waals surface area contributed by atoms with Gasteiger partial charge in [0.05, 0.1) is 17.7 Å². The van der Waals surface area contributed by atoms with E-state index < -0.39 is 0 Å². The molecule has 1 saturated carbocycles. The van der Waals surface area contributed by atoms with Crippen LogP contribution in [0.4, 0.5) is 0 Å². The van der Waals surface area contributed by atoms with Crippen molar-refractivity contribution in [2.24, 2.45) is 0 Å². The minimum Gasteiger partial charge on any atom is -0.380 e. The molecule has 2 aromatic rings. The highest BCUT2D eigenvalue weighted by Gasteiger charge is 2.40. The second-order valence-corrected chi connectivity index (χ2v) is 6.44. The number of H-pyrrole nitrogens is 2. The van der Waals surface area contributed by atoms with Gasteiger partial charge in [-0.05, 0) is 25.8 Å². The summed E-state index contributed by atoms with van der Waals surface area (Å²) in [5.41, 5.74) is 1.58. The van der Waals surface area contributed by atoms with Crippen molar-refractivity contribution in [1.29, 1.82) is 0 Å². The van der Waals surface area contributed by atoms with Crippen molar-refractivity contribution < 1.29 is 9.53 Å². The molecule has 2 aromatic heterocycles. The van der Waals surface area contributed by atoms with E-state index in [1.807, 2.05) is 17.9 Å². The summed E-state index contributed by atoms with van der Waals surface area (Å²) in [5, 5.41) is 7.37. The molecule has 2 N–H and O–H groups in total. The van der Waals surface area contributed by atoms with E-state index in [9.17, 15) is 4.79 Å². The van der Waals surface area contributed by atoms with Gasteiger partial charge in [-0.15, -0.1) is 0 Å². The van der Waals surface area contributed by atoms with Gasteiger partial charge in [0.1, 0.15) is 5.82 Å². The molecule has 1 amide bonds. The Balaban J connectivity index is 1.62. The Labute approximate surface area is 134 Å². The fraction of sp³-hybridized carbons (Fsp3) is 0.562. The number of hydrogen-bond acceptors (Lipinski definition) is 4. The summed E-state index contributed by atoms with van der Waals surface area (Å²) in [5.74, 6) is 2.16. The number of nitrogens with one attached hydrogen (secondary N) is 2. The van der Waals surface area contributed by atoms with Gasteiger partial charge in [0.25, 0.3) is 5.91 Å². The summed E-state index contributed by atoms with van der Waals surface area (Å²) in [6, 6.07) is 1.71. The number of carbonyl (C=O) groups is 1. The molecule has 0 spiro atoms. The van der Waals surface area contributed by atoms with Crippen molar-refractivity contribution in [3.8, 4) is 0 Å². The maximum absolute atomic E-state index is 12.9. The van der Waals surface area contributed by atoms with Crippen molar-refractivity contribution in [1.82, 2.24) is 25.1 Å². The van der Waals surface area contributed by atoms with Crippen LogP contribution in [0.3, 0.4) is 0 Å². The van der Waals surface area contributed by atoms with Crippen molar-refractivity contribution in [2.75, 3.05) is 13.7 Å². The zero-order valence-corrected chi connectivity index (χ0v) is 13.4. The Hall–Kier alpha value is -2.15. The molecule has 122 valence electrons. The minimum atomic E-state index is -0.109. The highest BCUT2D eigenvalue weighted by Crippen LogP contribution is 2.39. The summed E-state index contributed by atoms with van der Waals surface area (Å²) in [6.45, 7) is 2.48. The summed E-state index contributed by atoms with van der Waals surface area (Å²) in [6.07, 6.45) is 4.88. The molecule has 7 nitrogen and oxygen atoms in total. The smallest absolute Gasteiger partial charge is 0.256 e. The largest absolute Gasteiger partial charge is 0.380 e. The number of methoxy groups -OCH3 is 1. The van der Waals surface area contributed by atoms with E-state index in [-0.39, 0.29) is 18.1 Å². The van der Waals surface area contributed by atoms with Crippen LogP contribution in [-0.4, -0.2) is 50.7 Å². The lowest BCUT2D eigenvalue weighted by molar-refractivity contribution is 0.0684. The van der Waals surface area contributed by atoms with Crippen molar-refractivity contribution in [3.05, 3.63) is 35.2 Å². The summed E-state index contributed by atoms with van der Waals surface area (Å²) in [7, 11) is 1.69. The first-order valence-corrected chi connectivity index (χ1v) is 8.07. The number of nitrogens with zero attached hydrogens (tertiary/aromatic N) is 3. The molecule has 2 aliphatic rings. The van der Waals surface area contributed by atoms with E-state index in [2.05, 4.69) is 20.2 Å². The molecular weight excluding hydrogens is 294 g/mol. The van der Waals surface area contributed by atoms with Crippen LogP contribution >= 0.6 is 0 Å². The van der Waals surface area contributed by atoms with Gasteiger partial charge in [0.2, 0.25) is 0 Å². The first-order chi connectivity index (χ1) is 11.2. The lowest BCUT2D eigenvalue weighted by Crippen LogP contribution is -2.32. The van der Waals surface area contributed by atoms with Gasteiger partial charge in [-0.25, -0.2) is 4.98 Å². The molecule has 1 aliphatic heterocycles. The highest BCUT2D eigenvalue weighted by molar-refractivity contribution is 5.95. The Morgan fingerprint density at radius 2 is 2.26 bits per heavy atom. The Morgan fingerprint density at radius 1 is 1.43 bits per heavy atom. The zero-order valence-electron chi connectivity index (χ0n) is 13.4. The monoisotopic (exact) mass is 315 g/mol. The van der Waals surface area contributed by atoms with Gasteiger partial charge in [0, 0.05) is 37.9 Å². The SMILES string of the molecule is CO[C@@H]1C[C@@H](c2nc(C3CC3)n[nH]2)N(C(=O)c2cc[nH]c2C)C1. The zero-order chi connectivity index (χ0) is 16.0. The van der Waals surface area contributed by atoms with Crippen molar-refractivity contribution in [2.45, 2.75) is 44.2 Å². The third-order valence-corrected chi connectivity index (χ3v) is 4.82. The molecule has 0 aromatic carbocycles. The minimum absolute atomic E-state index is 0.0117. The number of aryl methyl sites for hydroxylation is 1. The Morgan fingerprint density at radius 3 is 2.91 bits per heavy atom. The van der Waals surface area contributed by atoms with Gasteiger partial charge in [0.15, 0.2) is 5.82 Å². The second kappa shape index (κ2) is 5.49. The number of rotatable bonds is 4. The Kier molecular flexibility index (Phi) is 3.45. The molecule has 1 aliphatic carbocycles. The number of likely N-dealkylation sites (tertiary alicyclic amines) is 1. The quantitative estimate of drug-likeness (QED) is 0.902. The molecule has 0 unspecified atom stereocenters. The number of aromatic amines is 2. The molecule has 7 heteroatoms. The normalized spacial score (nSPS) is 24.3. The van der Waals surface area contributed by atoms with Gasteiger partial charge in [-0.2, -0.15) is 5.10 Å². The summed E-state index contributed by atoms with van der Waals surface area (Å²) in [4.78, 5) is 22.5. The maximum Gasteiger partial charge on any atom is 0.256 e. The average molecular weight is 315 g/mol. The second-order valence-electron chi connectivity index (χ2n) is 6.44. The molecule has 2 atom stereocenters. The van der Waals surface area contributed by atoms with E-state index in [1.54, 1.807) is 13.3 Å². The molecule has 4 rings (SSSR count). The van der Waals surface area contributed by atoms with Crippen LogP contribution in [0.5, 0.6) is 0 Å². The van der Waals surface area contributed by atoms with Crippen LogP contribution in [0.2, 0.25) is 0 Å². The lowest BCUT2D eigenvalue weighted by atomic mass is 10.1. The van der Waals surface area contributed by atoms with E-state index in [0.717, 1.165) is 36.6 Å². The summed E-state index contributed by atoms with van der Waals surface area (Å²) < 4.78 is 5.49. The van der Waals surface area contributed by atoms with Crippen LogP contribution in [-0.2, 0) is 4.74 Å². The molecular formula is C16H21N5O2. The van der Waals surface area contributed by atoms with E-state index in [1.165, 1.54) is 0 Å². The molecule has 1 saturated heterocycles. The van der Waals surface area contributed by atoms with Gasteiger partial charge < -0.3 is 14.6 Å². The number of ether oxygens (including phenoxy) is 1. The van der Waals surface area contributed by atoms with Crippen LogP contribution in [0.25, 0.3) is 0 Å². The first-order valence-electron chi connectivity index (χ1n) is 8.07. The third kappa shape index (κ3) is 2.55. The number of aromatic nitrogens is 4. The van der Waals surface area contributed by atoms with Gasteiger partial charge >= 0.3 is 0 Å². The highest BCUT2D eigenvalue weighted by atomic mass is 16.5. The first kappa shape index (κ1) is 14.4. The Bertz CT molecular complexity index is 718. The fourth-order valence-electron chi connectivity index (χ4n) is 3.25. The standard InChI is InChI=1S/C16H21N5O2/c1-9-12(5-6-17-9)16(22)21-8-11(23-2)7-13(21)15-18-14(19-20-15)10-3-4-10/h5-6,10-11,13,17H,3-4,7-8H2,1-2H3,(H,18,19,20)/t11-,13+/m1/s1. The van der Waals surface area contributed by atoms with Crippen LogP contribution in [0.1, 0.15) is 58.9 Å². The predicted molar refractivity (Wildman–Crippen MR) is 83.1 cm³/mol. The van der Waals surface area contributed by atoms with Crippen LogP contribution in [0.15, 0.2) is 12.3 Å². The fourth-order valence-corrected chi connectivity index (χ4v) is 3.25. The van der Waals surface area contributed by atoms with Crippen LogP contribution in [0, 0.1) is 6.92 Å². The lowest BCUT2D eigenvalue weighted by Gasteiger charge is -2.22.